The summed E-state index contributed by atoms with van der Waals surface area (Å²) < 4.78 is 20.8. The molecule has 1 aromatic rings. The van der Waals surface area contributed by atoms with Gasteiger partial charge in [0.05, 0.1) is 33.0 Å². The van der Waals surface area contributed by atoms with E-state index < -0.39 is 0 Å². The van der Waals surface area contributed by atoms with Crippen LogP contribution in [0.4, 0.5) is 5.82 Å². The Hall–Kier alpha value is -1.37. The van der Waals surface area contributed by atoms with Gasteiger partial charge in [-0.2, -0.15) is 0 Å². The van der Waals surface area contributed by atoms with Gasteiger partial charge in [0.15, 0.2) is 0 Å². The second-order valence-corrected chi connectivity index (χ2v) is 3.48. The second-order valence-electron chi connectivity index (χ2n) is 3.48. The van der Waals surface area contributed by atoms with Crippen LogP contribution >= 0.6 is 0 Å². The van der Waals surface area contributed by atoms with E-state index in [9.17, 15) is 0 Å². The van der Waals surface area contributed by atoms with Crippen LogP contribution in [-0.4, -0.2) is 51.7 Å². The molecule has 0 radical (unpaired) electrons. The normalized spacial score (nSPS) is 10.5. The summed E-state index contributed by atoms with van der Waals surface area (Å²) in [7, 11) is 1.64. The van der Waals surface area contributed by atoms with Crippen molar-refractivity contribution in [1.82, 2.24) is 4.98 Å². The molecule has 0 bridgehead atoms. The molecule has 2 N–H and O–H groups in total. The first kappa shape index (κ1) is 14.7. The summed E-state index contributed by atoms with van der Waals surface area (Å²) in [6.45, 7) is 3.29. The van der Waals surface area contributed by atoms with Gasteiger partial charge in [0.2, 0.25) is 0 Å². The summed E-state index contributed by atoms with van der Waals surface area (Å²) in [5.74, 6) is 1.14. The average molecular weight is 256 g/mol. The van der Waals surface area contributed by atoms with E-state index in [1.54, 1.807) is 25.4 Å². The molecule has 0 aromatic carbocycles. The molecule has 0 saturated heterocycles. The van der Waals surface area contributed by atoms with E-state index in [1.807, 2.05) is 0 Å². The van der Waals surface area contributed by atoms with Gasteiger partial charge in [-0.05, 0) is 6.07 Å². The zero-order chi connectivity index (χ0) is 13.1. The number of nitrogens with zero attached hydrogens (tertiary/aromatic N) is 1. The van der Waals surface area contributed by atoms with Crippen LogP contribution in [0.15, 0.2) is 18.3 Å². The first-order chi connectivity index (χ1) is 8.83. The molecular weight excluding hydrogens is 236 g/mol. The molecular formula is C12H20N2O4. The summed E-state index contributed by atoms with van der Waals surface area (Å²) in [6, 6.07) is 3.43. The summed E-state index contributed by atoms with van der Waals surface area (Å²) in [6.07, 6.45) is 1.61. The molecule has 18 heavy (non-hydrogen) atoms. The minimum absolute atomic E-state index is 0.444. The first-order valence-corrected chi connectivity index (χ1v) is 5.81. The number of hydrogen-bond acceptors (Lipinski definition) is 6. The molecule has 0 aliphatic heterocycles. The van der Waals surface area contributed by atoms with Crippen LogP contribution in [0.1, 0.15) is 0 Å². The Morgan fingerprint density at radius 2 is 1.72 bits per heavy atom. The van der Waals surface area contributed by atoms with Crippen LogP contribution in [0, 0.1) is 0 Å². The SMILES string of the molecule is COCCOCCOCCOc1ccnc(N)c1. The molecule has 0 aliphatic carbocycles. The highest BCUT2D eigenvalue weighted by molar-refractivity contribution is 5.35. The fraction of sp³-hybridized carbons (Fsp3) is 0.583. The van der Waals surface area contributed by atoms with Crippen molar-refractivity contribution < 1.29 is 18.9 Å². The van der Waals surface area contributed by atoms with Gasteiger partial charge in [0.25, 0.3) is 0 Å². The maximum Gasteiger partial charge on any atom is 0.126 e. The van der Waals surface area contributed by atoms with Gasteiger partial charge in [-0.1, -0.05) is 0 Å². The predicted octanol–water partition coefficient (Wildman–Crippen LogP) is 0.722. The van der Waals surface area contributed by atoms with Crippen LogP contribution in [0.2, 0.25) is 0 Å². The Kier molecular flexibility index (Phi) is 7.87. The van der Waals surface area contributed by atoms with Gasteiger partial charge in [-0.3, -0.25) is 0 Å². The summed E-state index contributed by atoms with van der Waals surface area (Å²) in [5.41, 5.74) is 5.52. The lowest BCUT2D eigenvalue weighted by Crippen LogP contribution is -2.12. The molecule has 0 unspecified atom stereocenters. The number of pyridine rings is 1. The lowest BCUT2D eigenvalue weighted by atomic mass is 10.4. The van der Waals surface area contributed by atoms with E-state index in [0.29, 0.717) is 51.2 Å². The van der Waals surface area contributed by atoms with Crippen LogP contribution in [0.25, 0.3) is 0 Å². The first-order valence-electron chi connectivity index (χ1n) is 5.81. The van der Waals surface area contributed by atoms with Gasteiger partial charge in [0.1, 0.15) is 18.2 Å². The Morgan fingerprint density at radius 1 is 1.06 bits per heavy atom. The summed E-state index contributed by atoms with van der Waals surface area (Å²) in [4.78, 5) is 3.87. The van der Waals surface area contributed by atoms with Crippen molar-refractivity contribution in [3.8, 4) is 5.75 Å². The summed E-state index contributed by atoms with van der Waals surface area (Å²) >= 11 is 0. The highest BCUT2D eigenvalue weighted by Crippen LogP contribution is 2.11. The number of anilines is 1. The van der Waals surface area contributed by atoms with Gasteiger partial charge in [-0.15, -0.1) is 0 Å². The van der Waals surface area contributed by atoms with Crippen LogP contribution in [-0.2, 0) is 14.2 Å². The summed E-state index contributed by atoms with van der Waals surface area (Å²) in [5, 5.41) is 0. The minimum Gasteiger partial charge on any atom is -0.491 e. The molecule has 1 rings (SSSR count). The molecule has 6 nitrogen and oxygen atoms in total. The number of nitrogens with two attached hydrogens (primary N) is 1. The standard InChI is InChI=1S/C12H20N2O4/c1-15-4-5-16-6-7-17-8-9-18-11-2-3-14-12(13)10-11/h2-3,10H,4-9H2,1H3,(H2,13,14). The van der Waals surface area contributed by atoms with Gasteiger partial charge < -0.3 is 24.7 Å². The molecule has 0 aliphatic rings. The smallest absolute Gasteiger partial charge is 0.126 e. The molecule has 6 heteroatoms. The largest absolute Gasteiger partial charge is 0.491 e. The van der Waals surface area contributed by atoms with Crippen molar-refractivity contribution >= 4 is 5.82 Å². The average Bonchev–Trinajstić information content (AvgIpc) is 2.37. The fourth-order valence-electron chi connectivity index (χ4n) is 1.20. The molecule has 1 aromatic heterocycles. The molecule has 0 spiro atoms. The van der Waals surface area contributed by atoms with Crippen LogP contribution in [0.3, 0.4) is 0 Å². The fourth-order valence-corrected chi connectivity index (χ4v) is 1.20. The highest BCUT2D eigenvalue weighted by Gasteiger charge is 1.95. The van der Waals surface area contributed by atoms with Crippen LogP contribution < -0.4 is 10.5 Å². The molecule has 0 saturated carbocycles. The minimum atomic E-state index is 0.444. The Labute approximate surface area is 107 Å². The quantitative estimate of drug-likeness (QED) is 0.622. The second kappa shape index (κ2) is 9.64. The Bertz CT molecular complexity index is 323. The number of ether oxygens (including phenoxy) is 4. The van der Waals surface area contributed by atoms with E-state index in [2.05, 4.69) is 4.98 Å². The Morgan fingerprint density at radius 3 is 2.39 bits per heavy atom. The third-order valence-corrected chi connectivity index (χ3v) is 2.05. The van der Waals surface area contributed by atoms with Crippen molar-refractivity contribution in [2.24, 2.45) is 0 Å². The van der Waals surface area contributed by atoms with Gasteiger partial charge >= 0.3 is 0 Å². The zero-order valence-electron chi connectivity index (χ0n) is 10.6. The van der Waals surface area contributed by atoms with Crippen molar-refractivity contribution in [3.63, 3.8) is 0 Å². The zero-order valence-corrected chi connectivity index (χ0v) is 10.6. The maximum atomic E-state index is 5.52. The molecule has 0 fully saturated rings. The highest BCUT2D eigenvalue weighted by atomic mass is 16.6. The van der Waals surface area contributed by atoms with Gasteiger partial charge in [0, 0.05) is 19.4 Å². The third-order valence-electron chi connectivity index (χ3n) is 2.05. The van der Waals surface area contributed by atoms with Crippen molar-refractivity contribution in [1.29, 1.82) is 0 Å². The Balaban J connectivity index is 1.92. The monoisotopic (exact) mass is 256 g/mol. The number of methoxy groups -OCH3 is 1. The third kappa shape index (κ3) is 7.05. The number of aromatic nitrogens is 1. The molecule has 0 atom stereocenters. The van der Waals surface area contributed by atoms with Crippen LogP contribution in [0.5, 0.6) is 5.75 Å². The van der Waals surface area contributed by atoms with Crippen molar-refractivity contribution in [2.75, 3.05) is 52.5 Å². The lowest BCUT2D eigenvalue weighted by molar-refractivity contribution is 0.0180. The van der Waals surface area contributed by atoms with E-state index >= 15 is 0 Å². The molecule has 1 heterocycles. The lowest BCUT2D eigenvalue weighted by Gasteiger charge is -2.07. The number of hydrogen-bond donors (Lipinski definition) is 1. The van der Waals surface area contributed by atoms with E-state index in [-0.39, 0.29) is 0 Å². The predicted molar refractivity (Wildman–Crippen MR) is 67.7 cm³/mol. The topological polar surface area (TPSA) is 75.8 Å². The molecule has 102 valence electrons. The number of nitrogen functional groups attached to an aromatic ring is 1. The van der Waals surface area contributed by atoms with Gasteiger partial charge in [-0.25, -0.2) is 4.98 Å². The van der Waals surface area contributed by atoms with Crippen molar-refractivity contribution in [2.45, 2.75) is 0 Å². The van der Waals surface area contributed by atoms with E-state index in [0.717, 1.165) is 0 Å². The van der Waals surface area contributed by atoms with Crippen molar-refractivity contribution in [3.05, 3.63) is 18.3 Å². The molecule has 0 amide bonds. The maximum absolute atomic E-state index is 5.52. The van der Waals surface area contributed by atoms with E-state index in [4.69, 9.17) is 24.7 Å². The van der Waals surface area contributed by atoms with E-state index in [1.165, 1.54) is 0 Å². The number of rotatable bonds is 10.